The molecule has 0 amide bonds. The van der Waals surface area contributed by atoms with Crippen molar-refractivity contribution in [3.8, 4) is 0 Å². The molecular formula is C63H106O6. The molecule has 0 heterocycles. The second kappa shape index (κ2) is 56.9. The van der Waals surface area contributed by atoms with E-state index in [1.165, 1.54) is 135 Å². The minimum atomic E-state index is -0.806. The Bertz CT molecular complexity index is 1380. The maximum atomic E-state index is 12.8. The highest BCUT2D eigenvalue weighted by Gasteiger charge is 2.19. The quantitative estimate of drug-likeness (QED) is 0.0262. The standard InChI is InChI=1S/C63H106O6/c1-4-7-10-13-16-19-22-25-28-30-31-33-36-38-41-44-47-50-53-56-62(65)68-59-60(69-63(66)57-54-51-48-45-42-39-34-27-24-21-18-15-12-9-6-3)58-67-61(64)55-52-49-46-43-40-37-35-32-29-26-23-20-17-14-11-8-5-2/h8,11,16-17,19-21,24-26,28-29,35,37,43,46,60H,4-7,9-10,12-15,18,22-23,27,30-34,36,38-42,44-45,47-59H2,1-3H3/b11-8-,19-16-,20-17-,24-21-,28-25-,29-26-,37-35-,46-43-/t60-/m1/s1. The first-order valence-electron chi connectivity index (χ1n) is 28.7. The Morgan fingerprint density at radius 1 is 0.304 bits per heavy atom. The molecule has 6 nitrogen and oxygen atoms in total. The van der Waals surface area contributed by atoms with E-state index in [4.69, 9.17) is 14.2 Å². The average Bonchev–Trinajstić information content (AvgIpc) is 3.35. The predicted octanol–water partition coefficient (Wildman–Crippen LogP) is 19.3. The highest BCUT2D eigenvalue weighted by molar-refractivity contribution is 5.71. The van der Waals surface area contributed by atoms with Crippen molar-refractivity contribution in [3.63, 3.8) is 0 Å². The summed E-state index contributed by atoms with van der Waals surface area (Å²) < 4.78 is 16.8. The smallest absolute Gasteiger partial charge is 0.306 e. The zero-order valence-corrected chi connectivity index (χ0v) is 45.0. The van der Waals surface area contributed by atoms with Crippen molar-refractivity contribution >= 4 is 17.9 Å². The van der Waals surface area contributed by atoms with Gasteiger partial charge in [0, 0.05) is 19.3 Å². The molecule has 6 heteroatoms. The molecule has 0 saturated carbocycles. The molecule has 0 bridgehead atoms. The van der Waals surface area contributed by atoms with Gasteiger partial charge in [0.1, 0.15) is 13.2 Å². The SMILES string of the molecule is CC/C=C\C/C=C\C/C=C\C/C=C\C/C=C\CCCC(=O)OC[C@H](COC(=O)CCCCCCCCCCC/C=C\C/C=C\CCCCC)OC(=O)CCCCCCCCC/C=C\CCCCCC. The molecule has 394 valence electrons. The highest BCUT2D eigenvalue weighted by atomic mass is 16.6. The summed E-state index contributed by atoms with van der Waals surface area (Å²) in [6.07, 6.45) is 75.4. The lowest BCUT2D eigenvalue weighted by Gasteiger charge is -2.18. The summed E-state index contributed by atoms with van der Waals surface area (Å²) in [6, 6.07) is 0. The largest absolute Gasteiger partial charge is 0.462 e. The third kappa shape index (κ3) is 55.1. The van der Waals surface area contributed by atoms with E-state index in [0.717, 1.165) is 83.5 Å². The molecule has 0 aliphatic carbocycles. The summed E-state index contributed by atoms with van der Waals surface area (Å²) in [4.78, 5) is 38.1. The van der Waals surface area contributed by atoms with Crippen LogP contribution in [0, 0.1) is 0 Å². The van der Waals surface area contributed by atoms with Gasteiger partial charge < -0.3 is 14.2 Å². The van der Waals surface area contributed by atoms with Crippen molar-refractivity contribution in [2.75, 3.05) is 13.2 Å². The Morgan fingerprint density at radius 2 is 0.580 bits per heavy atom. The fraction of sp³-hybridized carbons (Fsp3) is 0.698. The van der Waals surface area contributed by atoms with Gasteiger partial charge in [0.15, 0.2) is 6.10 Å². The third-order valence-electron chi connectivity index (χ3n) is 12.0. The van der Waals surface area contributed by atoms with E-state index in [0.29, 0.717) is 19.3 Å². The van der Waals surface area contributed by atoms with Crippen LogP contribution in [0.25, 0.3) is 0 Å². The lowest BCUT2D eigenvalue weighted by Crippen LogP contribution is -2.30. The first kappa shape index (κ1) is 65.3. The molecule has 0 aliphatic rings. The van der Waals surface area contributed by atoms with Gasteiger partial charge in [-0.05, 0) is 116 Å². The van der Waals surface area contributed by atoms with Gasteiger partial charge in [-0.1, -0.05) is 227 Å². The molecule has 0 aromatic carbocycles. The molecule has 0 rings (SSSR count). The van der Waals surface area contributed by atoms with Crippen molar-refractivity contribution < 1.29 is 28.6 Å². The number of carbonyl (C=O) groups excluding carboxylic acids is 3. The zero-order chi connectivity index (χ0) is 50.0. The summed E-state index contributed by atoms with van der Waals surface area (Å²) >= 11 is 0. The molecule has 0 spiro atoms. The zero-order valence-electron chi connectivity index (χ0n) is 45.0. The number of esters is 3. The van der Waals surface area contributed by atoms with Gasteiger partial charge in [-0.3, -0.25) is 14.4 Å². The molecular weight excluding hydrogens is 853 g/mol. The van der Waals surface area contributed by atoms with E-state index < -0.39 is 6.10 Å². The van der Waals surface area contributed by atoms with E-state index in [1.54, 1.807) is 0 Å². The number of carbonyl (C=O) groups is 3. The number of hydrogen-bond acceptors (Lipinski definition) is 6. The monoisotopic (exact) mass is 959 g/mol. The van der Waals surface area contributed by atoms with Gasteiger partial charge in [0.05, 0.1) is 0 Å². The van der Waals surface area contributed by atoms with Crippen LogP contribution in [0.4, 0.5) is 0 Å². The van der Waals surface area contributed by atoms with Gasteiger partial charge in [-0.25, -0.2) is 0 Å². The molecule has 69 heavy (non-hydrogen) atoms. The molecule has 0 radical (unpaired) electrons. The van der Waals surface area contributed by atoms with Crippen LogP contribution in [0.15, 0.2) is 97.2 Å². The average molecular weight is 960 g/mol. The van der Waals surface area contributed by atoms with Crippen molar-refractivity contribution in [3.05, 3.63) is 97.2 Å². The van der Waals surface area contributed by atoms with Crippen LogP contribution < -0.4 is 0 Å². The Morgan fingerprint density at radius 3 is 0.986 bits per heavy atom. The van der Waals surface area contributed by atoms with E-state index in [2.05, 4.69) is 118 Å². The van der Waals surface area contributed by atoms with Gasteiger partial charge in [0.2, 0.25) is 0 Å². The number of ether oxygens (including phenoxy) is 3. The molecule has 1 atom stereocenters. The van der Waals surface area contributed by atoms with Gasteiger partial charge in [-0.2, -0.15) is 0 Å². The van der Waals surface area contributed by atoms with Crippen LogP contribution in [-0.2, 0) is 28.6 Å². The maximum absolute atomic E-state index is 12.8. The first-order valence-corrected chi connectivity index (χ1v) is 28.7. The van der Waals surface area contributed by atoms with Gasteiger partial charge >= 0.3 is 17.9 Å². The molecule has 0 aliphatic heterocycles. The maximum Gasteiger partial charge on any atom is 0.306 e. The fourth-order valence-corrected chi connectivity index (χ4v) is 7.74. The first-order chi connectivity index (χ1) is 34.0. The Kier molecular flexibility index (Phi) is 53.9. The minimum absolute atomic E-state index is 0.0993. The van der Waals surface area contributed by atoms with Gasteiger partial charge in [-0.15, -0.1) is 0 Å². The molecule has 0 saturated heterocycles. The minimum Gasteiger partial charge on any atom is -0.462 e. The van der Waals surface area contributed by atoms with Crippen molar-refractivity contribution in [1.29, 1.82) is 0 Å². The van der Waals surface area contributed by atoms with Crippen molar-refractivity contribution in [2.45, 2.75) is 271 Å². The predicted molar refractivity (Wildman–Crippen MR) is 297 cm³/mol. The highest BCUT2D eigenvalue weighted by Crippen LogP contribution is 2.15. The fourth-order valence-electron chi connectivity index (χ4n) is 7.74. The molecule has 0 N–H and O–H groups in total. The van der Waals surface area contributed by atoms with Crippen LogP contribution in [0.5, 0.6) is 0 Å². The number of unbranched alkanes of at least 4 members (excludes halogenated alkanes) is 24. The molecule has 0 aromatic heterocycles. The number of rotatable bonds is 51. The second-order valence-electron chi connectivity index (χ2n) is 18.8. The normalized spacial score (nSPS) is 12.8. The number of hydrogen-bond donors (Lipinski definition) is 0. The summed E-state index contributed by atoms with van der Waals surface area (Å²) in [7, 11) is 0. The van der Waals surface area contributed by atoms with Crippen LogP contribution >= 0.6 is 0 Å². The summed E-state index contributed by atoms with van der Waals surface area (Å²) in [5.41, 5.74) is 0. The van der Waals surface area contributed by atoms with E-state index in [9.17, 15) is 14.4 Å². The van der Waals surface area contributed by atoms with E-state index in [-0.39, 0.29) is 37.5 Å². The Hall–Kier alpha value is -3.67. The summed E-state index contributed by atoms with van der Waals surface area (Å²) in [5, 5.41) is 0. The van der Waals surface area contributed by atoms with Crippen molar-refractivity contribution in [1.82, 2.24) is 0 Å². The second-order valence-corrected chi connectivity index (χ2v) is 18.8. The molecule has 0 aromatic rings. The van der Waals surface area contributed by atoms with Crippen LogP contribution in [0.2, 0.25) is 0 Å². The Balaban J connectivity index is 4.47. The van der Waals surface area contributed by atoms with Crippen LogP contribution in [-0.4, -0.2) is 37.2 Å². The van der Waals surface area contributed by atoms with Crippen LogP contribution in [0.3, 0.4) is 0 Å². The summed E-state index contributed by atoms with van der Waals surface area (Å²) in [6.45, 7) is 6.44. The number of allylic oxidation sites excluding steroid dienone is 16. The lowest BCUT2D eigenvalue weighted by atomic mass is 10.1. The summed E-state index contributed by atoms with van der Waals surface area (Å²) in [5.74, 6) is -0.965. The Labute approximate surface area is 426 Å². The van der Waals surface area contributed by atoms with Crippen molar-refractivity contribution in [2.24, 2.45) is 0 Å². The molecule has 0 fully saturated rings. The van der Waals surface area contributed by atoms with E-state index in [1.807, 2.05) is 0 Å². The van der Waals surface area contributed by atoms with Gasteiger partial charge in [0.25, 0.3) is 0 Å². The lowest BCUT2D eigenvalue weighted by molar-refractivity contribution is -0.167. The van der Waals surface area contributed by atoms with Crippen LogP contribution in [0.1, 0.15) is 265 Å². The van der Waals surface area contributed by atoms with E-state index >= 15 is 0 Å². The third-order valence-corrected chi connectivity index (χ3v) is 12.0. The molecule has 0 unspecified atom stereocenters. The topological polar surface area (TPSA) is 78.9 Å².